The Morgan fingerprint density at radius 2 is 1.96 bits per heavy atom. The van der Waals surface area contributed by atoms with E-state index in [1.807, 2.05) is 37.3 Å². The third kappa shape index (κ3) is 3.62. The van der Waals surface area contributed by atoms with Crippen LogP contribution >= 0.6 is 11.3 Å². The average Bonchev–Trinajstić information content (AvgIpc) is 3.13. The molecule has 3 aromatic rings. The molecule has 7 heteroatoms. The van der Waals surface area contributed by atoms with E-state index in [0.29, 0.717) is 25.9 Å². The second-order valence-electron chi connectivity index (χ2n) is 7.09. The van der Waals surface area contributed by atoms with Gasteiger partial charge in [0.25, 0.3) is 0 Å². The summed E-state index contributed by atoms with van der Waals surface area (Å²) in [4.78, 5) is 36.0. The lowest BCUT2D eigenvalue weighted by atomic mass is 9.95. The zero-order chi connectivity index (χ0) is 19.7. The van der Waals surface area contributed by atoms with Crippen molar-refractivity contribution in [2.24, 2.45) is 5.92 Å². The molecule has 0 bridgehead atoms. The quantitative estimate of drug-likeness (QED) is 0.732. The highest BCUT2D eigenvalue weighted by Crippen LogP contribution is 2.34. The Morgan fingerprint density at radius 1 is 1.18 bits per heavy atom. The number of rotatable bonds is 3. The predicted molar refractivity (Wildman–Crippen MR) is 111 cm³/mol. The molecule has 1 aliphatic rings. The van der Waals surface area contributed by atoms with E-state index in [1.165, 1.54) is 0 Å². The van der Waals surface area contributed by atoms with Crippen LogP contribution in [0.4, 0.5) is 5.69 Å². The lowest BCUT2D eigenvalue weighted by Crippen LogP contribution is -2.40. The van der Waals surface area contributed by atoms with Gasteiger partial charge in [0.2, 0.25) is 11.8 Å². The number of hydrogen-bond donors (Lipinski definition) is 1. The Labute approximate surface area is 167 Å². The van der Waals surface area contributed by atoms with Crippen molar-refractivity contribution in [2.45, 2.75) is 26.7 Å². The molecule has 0 spiro atoms. The molecule has 6 nitrogen and oxygen atoms in total. The van der Waals surface area contributed by atoms with E-state index < -0.39 is 0 Å². The summed E-state index contributed by atoms with van der Waals surface area (Å²) in [5, 5.41) is 3.99. The summed E-state index contributed by atoms with van der Waals surface area (Å²) in [7, 11) is 0. The maximum absolute atomic E-state index is 12.7. The van der Waals surface area contributed by atoms with Gasteiger partial charge in [-0.1, -0.05) is 23.5 Å². The number of aromatic nitrogens is 2. The summed E-state index contributed by atoms with van der Waals surface area (Å²) in [5.41, 5.74) is 3.69. The molecule has 3 heterocycles. The molecular formula is C21H22N4O2S. The number of hydrogen-bond acceptors (Lipinski definition) is 5. The fourth-order valence-electron chi connectivity index (χ4n) is 3.58. The van der Waals surface area contributed by atoms with Gasteiger partial charge in [-0.2, -0.15) is 0 Å². The van der Waals surface area contributed by atoms with Crippen LogP contribution < -0.4 is 5.32 Å². The van der Waals surface area contributed by atoms with Crippen molar-refractivity contribution in [3.05, 3.63) is 42.1 Å². The van der Waals surface area contributed by atoms with E-state index in [-0.39, 0.29) is 17.7 Å². The monoisotopic (exact) mass is 394 g/mol. The Bertz CT molecular complexity index is 1000. The Morgan fingerprint density at radius 3 is 2.68 bits per heavy atom. The number of piperidine rings is 1. The molecule has 1 aromatic carbocycles. The molecule has 0 atom stereocenters. The molecule has 0 unspecified atom stereocenters. The first-order chi connectivity index (χ1) is 13.5. The van der Waals surface area contributed by atoms with Crippen LogP contribution in [0.3, 0.4) is 0 Å². The number of pyridine rings is 1. The van der Waals surface area contributed by atoms with Crippen molar-refractivity contribution in [2.75, 3.05) is 18.4 Å². The first-order valence-electron chi connectivity index (χ1n) is 9.41. The van der Waals surface area contributed by atoms with Crippen molar-refractivity contribution >= 4 is 39.2 Å². The van der Waals surface area contributed by atoms with Crippen LogP contribution in [-0.2, 0) is 9.59 Å². The first kappa shape index (κ1) is 18.6. The standard InChI is InChI=1S/C21H22N4O2S/c1-13-16(20-24-18-7-4-10-22-21(18)28-20)5-3-6-17(13)23-19(27)15-8-11-25(12-9-15)14(2)26/h3-7,10,15H,8-9,11-12H2,1-2H3,(H,23,27). The van der Waals surface area contributed by atoms with Gasteiger partial charge in [-0.25, -0.2) is 9.97 Å². The largest absolute Gasteiger partial charge is 0.343 e. The van der Waals surface area contributed by atoms with Crippen molar-refractivity contribution in [1.29, 1.82) is 0 Å². The highest BCUT2D eigenvalue weighted by Gasteiger charge is 2.26. The SMILES string of the molecule is CC(=O)N1CCC(C(=O)Nc2cccc(-c3nc4cccnc4s3)c2C)CC1. The van der Waals surface area contributed by atoms with Gasteiger partial charge in [0.05, 0.1) is 0 Å². The summed E-state index contributed by atoms with van der Waals surface area (Å²) >= 11 is 1.55. The third-order valence-electron chi connectivity index (χ3n) is 5.30. The van der Waals surface area contributed by atoms with Crippen LogP contribution in [0.15, 0.2) is 36.5 Å². The summed E-state index contributed by atoms with van der Waals surface area (Å²) in [6, 6.07) is 9.72. The Balaban J connectivity index is 1.52. The maximum atomic E-state index is 12.7. The molecule has 0 radical (unpaired) electrons. The Kier molecular flexibility index (Phi) is 5.09. The third-order valence-corrected chi connectivity index (χ3v) is 6.31. The first-order valence-corrected chi connectivity index (χ1v) is 10.2. The number of nitrogens with zero attached hydrogens (tertiary/aromatic N) is 3. The van der Waals surface area contributed by atoms with Crippen molar-refractivity contribution in [1.82, 2.24) is 14.9 Å². The topological polar surface area (TPSA) is 75.2 Å². The number of benzene rings is 1. The van der Waals surface area contributed by atoms with E-state index in [0.717, 1.165) is 32.2 Å². The van der Waals surface area contributed by atoms with E-state index in [9.17, 15) is 9.59 Å². The number of carbonyl (C=O) groups is 2. The van der Waals surface area contributed by atoms with Gasteiger partial charge in [0.1, 0.15) is 15.4 Å². The minimum absolute atomic E-state index is 0.0226. The smallest absolute Gasteiger partial charge is 0.227 e. The summed E-state index contributed by atoms with van der Waals surface area (Å²) in [6.07, 6.45) is 3.17. The van der Waals surface area contributed by atoms with Crippen LogP contribution in [0.2, 0.25) is 0 Å². The highest BCUT2D eigenvalue weighted by atomic mass is 32.1. The molecule has 0 aliphatic carbocycles. The maximum Gasteiger partial charge on any atom is 0.227 e. The van der Waals surface area contributed by atoms with Crippen LogP contribution in [0.25, 0.3) is 20.9 Å². The van der Waals surface area contributed by atoms with E-state index in [2.05, 4.69) is 15.3 Å². The van der Waals surface area contributed by atoms with Gasteiger partial charge < -0.3 is 10.2 Å². The molecular weight excluding hydrogens is 372 g/mol. The van der Waals surface area contributed by atoms with Gasteiger partial charge in [-0.3, -0.25) is 9.59 Å². The van der Waals surface area contributed by atoms with Crippen LogP contribution in [0.1, 0.15) is 25.3 Å². The molecule has 2 amide bonds. The van der Waals surface area contributed by atoms with Crippen LogP contribution in [0.5, 0.6) is 0 Å². The lowest BCUT2D eigenvalue weighted by Gasteiger charge is -2.30. The Hall–Kier alpha value is -2.80. The number of fused-ring (bicyclic) bond motifs is 1. The van der Waals surface area contributed by atoms with Gasteiger partial charge in [0, 0.05) is 43.4 Å². The summed E-state index contributed by atoms with van der Waals surface area (Å²) < 4.78 is 0. The summed E-state index contributed by atoms with van der Waals surface area (Å²) in [6.45, 7) is 4.87. The van der Waals surface area contributed by atoms with Crippen LogP contribution in [0, 0.1) is 12.8 Å². The molecule has 1 aliphatic heterocycles. The van der Waals surface area contributed by atoms with E-state index in [1.54, 1.807) is 29.4 Å². The fraction of sp³-hybridized carbons (Fsp3) is 0.333. The minimum Gasteiger partial charge on any atom is -0.343 e. The molecule has 2 aromatic heterocycles. The molecule has 144 valence electrons. The van der Waals surface area contributed by atoms with Crippen molar-refractivity contribution in [3.63, 3.8) is 0 Å². The molecule has 1 N–H and O–H groups in total. The van der Waals surface area contributed by atoms with Crippen molar-refractivity contribution in [3.8, 4) is 10.6 Å². The molecule has 28 heavy (non-hydrogen) atoms. The van der Waals surface area contributed by atoms with Crippen LogP contribution in [-0.4, -0.2) is 39.8 Å². The van der Waals surface area contributed by atoms with Gasteiger partial charge in [-0.05, 0) is 43.5 Å². The summed E-state index contributed by atoms with van der Waals surface area (Å²) in [5.74, 6) is 0.0347. The second-order valence-corrected chi connectivity index (χ2v) is 8.07. The number of carbonyl (C=O) groups excluding carboxylic acids is 2. The fourth-order valence-corrected chi connectivity index (χ4v) is 4.57. The minimum atomic E-state index is -0.0645. The van der Waals surface area contributed by atoms with E-state index >= 15 is 0 Å². The number of amides is 2. The second kappa shape index (κ2) is 7.67. The van der Waals surface area contributed by atoms with E-state index in [4.69, 9.17) is 0 Å². The zero-order valence-electron chi connectivity index (χ0n) is 15.9. The van der Waals surface area contributed by atoms with Crippen molar-refractivity contribution < 1.29 is 9.59 Å². The van der Waals surface area contributed by atoms with Gasteiger partial charge >= 0.3 is 0 Å². The lowest BCUT2D eigenvalue weighted by molar-refractivity contribution is -0.132. The van der Waals surface area contributed by atoms with Gasteiger partial charge in [0.15, 0.2) is 0 Å². The predicted octanol–water partition coefficient (Wildman–Crippen LogP) is 3.86. The number of nitrogens with one attached hydrogen (secondary N) is 1. The molecule has 4 rings (SSSR count). The highest BCUT2D eigenvalue weighted by molar-refractivity contribution is 7.21. The number of anilines is 1. The number of likely N-dealkylation sites (tertiary alicyclic amines) is 1. The average molecular weight is 395 g/mol. The zero-order valence-corrected chi connectivity index (χ0v) is 16.8. The molecule has 1 saturated heterocycles. The molecule has 0 saturated carbocycles. The molecule has 1 fully saturated rings. The van der Waals surface area contributed by atoms with Gasteiger partial charge in [-0.15, -0.1) is 0 Å². The number of thiazole rings is 1. The normalized spacial score (nSPS) is 15.0.